The highest BCUT2D eigenvalue weighted by Gasteiger charge is 2.64. The summed E-state index contributed by atoms with van der Waals surface area (Å²) in [7, 11) is -3.47. The molecule has 0 amide bonds. The molecule has 0 unspecified atom stereocenters. The van der Waals surface area contributed by atoms with Crippen LogP contribution in [0, 0.1) is 17.2 Å². The van der Waals surface area contributed by atoms with E-state index in [-0.39, 0.29) is 24.3 Å². The van der Waals surface area contributed by atoms with Crippen LogP contribution in [0.15, 0.2) is 18.2 Å². The summed E-state index contributed by atoms with van der Waals surface area (Å²) in [5.41, 5.74) is -1.64. The fourth-order valence-electron chi connectivity index (χ4n) is 4.11. The van der Waals surface area contributed by atoms with E-state index in [2.05, 4.69) is 0 Å². The Morgan fingerprint density at radius 2 is 2.04 bits per heavy atom. The summed E-state index contributed by atoms with van der Waals surface area (Å²) in [5, 5.41) is 18.1. The lowest BCUT2D eigenvalue weighted by Gasteiger charge is -2.44. The van der Waals surface area contributed by atoms with E-state index in [0.29, 0.717) is 6.42 Å². The Balaban J connectivity index is 1.73. The van der Waals surface area contributed by atoms with Gasteiger partial charge in [-0.25, -0.2) is 0 Å². The summed E-state index contributed by atoms with van der Waals surface area (Å²) in [6, 6.07) is 4.58. The number of aliphatic hydroxyl groups excluding tert-OH is 1. The number of anilines is 1. The summed E-state index contributed by atoms with van der Waals surface area (Å²) in [6.45, 7) is 0.129. The Bertz CT molecular complexity index is 766. The van der Waals surface area contributed by atoms with Crippen LogP contribution in [0.3, 0.4) is 0 Å². The van der Waals surface area contributed by atoms with Crippen molar-refractivity contribution < 1.29 is 32.1 Å². The first kappa shape index (κ1) is 16.9. The Kier molecular flexibility index (Phi) is 3.55. The molecule has 1 aromatic rings. The molecule has 25 heavy (non-hydrogen) atoms. The van der Waals surface area contributed by atoms with Crippen molar-refractivity contribution in [1.82, 2.24) is 0 Å². The lowest BCUT2D eigenvalue weighted by atomic mass is 9.87. The predicted octanol–water partition coefficient (Wildman–Crippen LogP) is 2.58. The van der Waals surface area contributed by atoms with Crippen LogP contribution >= 0.6 is 10.8 Å². The molecule has 10 heteroatoms. The maximum absolute atomic E-state index is 13.2. The van der Waals surface area contributed by atoms with Gasteiger partial charge in [0.25, 0.3) is 0 Å². The van der Waals surface area contributed by atoms with Crippen molar-refractivity contribution in [3.05, 3.63) is 29.3 Å². The van der Waals surface area contributed by atoms with E-state index in [4.69, 9.17) is 10.00 Å². The zero-order chi connectivity index (χ0) is 18.1. The van der Waals surface area contributed by atoms with Crippen molar-refractivity contribution in [2.45, 2.75) is 36.2 Å². The van der Waals surface area contributed by atoms with Gasteiger partial charge in [0.05, 0.1) is 35.1 Å². The molecule has 3 heterocycles. The standard InChI is InChI=1S/C15H15F3N2O4S/c16-15(17,18)10-3-8(2-1-7(10)5-19)20-6-9-12-4-11(21)13(24-12)14(9)25(20,22)23/h1-3,9,11-14,21-23H,4,6H2/t9-,11-,12-,13+,14-/m0/s1. The van der Waals surface area contributed by atoms with Crippen LogP contribution in [-0.4, -0.2) is 44.3 Å². The van der Waals surface area contributed by atoms with Gasteiger partial charge in [0.2, 0.25) is 0 Å². The second-order valence-electron chi connectivity index (χ2n) is 6.53. The molecule has 0 aliphatic carbocycles. The Labute approximate surface area is 142 Å². The lowest BCUT2D eigenvalue weighted by molar-refractivity contribution is -0.137. The number of alkyl halides is 3. The van der Waals surface area contributed by atoms with Gasteiger partial charge in [-0.05, 0) is 18.2 Å². The van der Waals surface area contributed by atoms with Crippen LogP contribution in [0.5, 0.6) is 0 Å². The van der Waals surface area contributed by atoms with Crippen molar-refractivity contribution >= 4 is 16.5 Å². The number of fused-ring (bicyclic) bond motifs is 5. The highest BCUT2D eigenvalue weighted by molar-refractivity contribution is 8.26. The highest BCUT2D eigenvalue weighted by Crippen LogP contribution is 2.65. The number of hydrogen-bond acceptors (Lipinski definition) is 6. The molecule has 3 aliphatic rings. The van der Waals surface area contributed by atoms with Crippen molar-refractivity contribution in [3.8, 4) is 6.07 Å². The summed E-state index contributed by atoms with van der Waals surface area (Å²) in [4.78, 5) is 0. The average molecular weight is 376 g/mol. The molecule has 136 valence electrons. The molecule has 5 atom stereocenters. The van der Waals surface area contributed by atoms with Crippen molar-refractivity contribution in [1.29, 1.82) is 5.26 Å². The monoisotopic (exact) mass is 376 g/mol. The predicted molar refractivity (Wildman–Crippen MR) is 82.9 cm³/mol. The molecule has 3 saturated heterocycles. The van der Waals surface area contributed by atoms with Gasteiger partial charge < -0.3 is 9.84 Å². The average Bonchev–Trinajstić information content (AvgIpc) is 3.15. The highest BCUT2D eigenvalue weighted by atomic mass is 32.3. The van der Waals surface area contributed by atoms with Gasteiger partial charge in [-0.3, -0.25) is 13.4 Å². The molecule has 6 nitrogen and oxygen atoms in total. The fourth-order valence-corrected chi connectivity index (χ4v) is 6.56. The smallest absolute Gasteiger partial charge is 0.390 e. The van der Waals surface area contributed by atoms with Crippen LogP contribution in [-0.2, 0) is 10.9 Å². The number of nitriles is 1. The van der Waals surface area contributed by atoms with E-state index in [1.807, 2.05) is 0 Å². The summed E-state index contributed by atoms with van der Waals surface area (Å²) >= 11 is 0. The van der Waals surface area contributed by atoms with Gasteiger partial charge in [0.15, 0.2) is 0 Å². The Hall–Kier alpha value is -1.51. The molecular weight excluding hydrogens is 361 g/mol. The van der Waals surface area contributed by atoms with E-state index < -0.39 is 45.5 Å². The molecule has 4 rings (SSSR count). The Morgan fingerprint density at radius 1 is 1.32 bits per heavy atom. The van der Waals surface area contributed by atoms with Crippen molar-refractivity contribution in [3.63, 3.8) is 0 Å². The van der Waals surface area contributed by atoms with E-state index in [9.17, 15) is 27.4 Å². The zero-order valence-electron chi connectivity index (χ0n) is 12.7. The van der Waals surface area contributed by atoms with Crippen molar-refractivity contribution in [2.24, 2.45) is 5.92 Å². The number of rotatable bonds is 1. The summed E-state index contributed by atoms with van der Waals surface area (Å²) in [6.07, 6.45) is -6.19. The fraction of sp³-hybridized carbons (Fsp3) is 0.533. The maximum Gasteiger partial charge on any atom is 0.417 e. The summed E-state index contributed by atoms with van der Waals surface area (Å²) in [5.74, 6) is -0.261. The van der Waals surface area contributed by atoms with Gasteiger partial charge in [0.1, 0.15) is 11.4 Å². The first-order valence-electron chi connectivity index (χ1n) is 7.64. The van der Waals surface area contributed by atoms with Gasteiger partial charge in [-0.1, -0.05) is 0 Å². The third-order valence-electron chi connectivity index (χ3n) is 5.19. The van der Waals surface area contributed by atoms with Crippen LogP contribution in [0.2, 0.25) is 0 Å². The second kappa shape index (κ2) is 5.25. The topological polar surface area (TPSA) is 97.0 Å². The molecule has 3 aliphatic heterocycles. The first-order valence-corrected chi connectivity index (χ1v) is 9.21. The minimum atomic E-state index is -4.72. The quantitative estimate of drug-likeness (QED) is 0.697. The SMILES string of the molecule is N#Cc1ccc(N2C[C@@H]3[C@@H]([C@@H]4O[C@H]3C[C@@H]4O)S2(O)O)cc1C(F)(F)F. The third kappa shape index (κ3) is 2.34. The van der Waals surface area contributed by atoms with E-state index in [0.717, 1.165) is 12.1 Å². The van der Waals surface area contributed by atoms with Crippen molar-refractivity contribution in [2.75, 3.05) is 10.8 Å². The molecule has 1 aromatic carbocycles. The van der Waals surface area contributed by atoms with Gasteiger partial charge in [0, 0.05) is 18.9 Å². The normalized spacial score (nSPS) is 37.0. The summed E-state index contributed by atoms with van der Waals surface area (Å²) < 4.78 is 67.6. The van der Waals surface area contributed by atoms with Crippen LogP contribution < -0.4 is 4.31 Å². The molecular formula is C15H15F3N2O4S. The number of benzene rings is 1. The number of nitrogens with zero attached hydrogens (tertiary/aromatic N) is 2. The molecule has 0 aromatic heterocycles. The number of aliphatic hydroxyl groups is 1. The zero-order valence-corrected chi connectivity index (χ0v) is 13.5. The molecule has 2 bridgehead atoms. The largest absolute Gasteiger partial charge is 0.417 e. The van der Waals surface area contributed by atoms with Gasteiger partial charge in [-0.15, -0.1) is 10.8 Å². The van der Waals surface area contributed by atoms with Gasteiger partial charge in [-0.2, -0.15) is 18.4 Å². The van der Waals surface area contributed by atoms with E-state index >= 15 is 0 Å². The Morgan fingerprint density at radius 3 is 2.68 bits per heavy atom. The lowest BCUT2D eigenvalue weighted by Crippen LogP contribution is -2.40. The molecule has 3 fully saturated rings. The van der Waals surface area contributed by atoms with Crippen LogP contribution in [0.25, 0.3) is 0 Å². The van der Waals surface area contributed by atoms with E-state index in [1.54, 1.807) is 0 Å². The molecule has 0 spiro atoms. The first-order chi connectivity index (χ1) is 11.6. The maximum atomic E-state index is 13.2. The third-order valence-corrected chi connectivity index (χ3v) is 7.55. The molecule has 3 N–H and O–H groups in total. The number of hydrogen-bond donors (Lipinski definition) is 3. The van der Waals surface area contributed by atoms with E-state index in [1.165, 1.54) is 16.4 Å². The van der Waals surface area contributed by atoms with Crippen LogP contribution in [0.4, 0.5) is 18.9 Å². The number of halogens is 3. The molecule has 0 saturated carbocycles. The minimum Gasteiger partial charge on any atom is -0.390 e. The van der Waals surface area contributed by atoms with Crippen LogP contribution in [0.1, 0.15) is 17.5 Å². The van der Waals surface area contributed by atoms with Gasteiger partial charge >= 0.3 is 6.18 Å². The number of ether oxygens (including phenoxy) is 1. The minimum absolute atomic E-state index is 0.00499. The molecule has 0 radical (unpaired) electrons. The second-order valence-corrected chi connectivity index (χ2v) is 8.64.